The predicted octanol–water partition coefficient (Wildman–Crippen LogP) is 3.43. The topological polar surface area (TPSA) is 112 Å². The minimum absolute atomic E-state index is 0.0364. The van der Waals surface area contributed by atoms with Crippen molar-refractivity contribution < 1.29 is 23.4 Å². The summed E-state index contributed by atoms with van der Waals surface area (Å²) in [6.45, 7) is 3.35. The van der Waals surface area contributed by atoms with Crippen LogP contribution in [0.3, 0.4) is 0 Å². The number of ether oxygens (including phenoxy) is 2. The van der Waals surface area contributed by atoms with Gasteiger partial charge in [-0.2, -0.15) is 0 Å². The fourth-order valence-corrected chi connectivity index (χ4v) is 4.02. The third-order valence-electron chi connectivity index (χ3n) is 5.88. The zero-order chi connectivity index (χ0) is 26.3. The van der Waals surface area contributed by atoms with E-state index in [4.69, 9.17) is 21.1 Å². The largest absolute Gasteiger partial charge is 0.485 e. The highest BCUT2D eigenvalue weighted by Crippen LogP contribution is 2.29. The maximum Gasteiger partial charge on any atom is 0.277 e. The quantitative estimate of drug-likeness (QED) is 0.406. The number of aryl methyl sites for hydroxylation is 2. The Bertz CT molecular complexity index is 1580. The lowest BCUT2D eigenvalue weighted by atomic mass is 10.0. The van der Waals surface area contributed by atoms with E-state index in [0.29, 0.717) is 34.4 Å². The summed E-state index contributed by atoms with van der Waals surface area (Å²) >= 11 is 6.35. The molecule has 0 spiro atoms. The Hall–Kier alpha value is -3.80. The molecule has 190 valence electrons. The maximum absolute atomic E-state index is 13.9. The summed E-state index contributed by atoms with van der Waals surface area (Å²) in [6.07, 6.45) is 3.99. The second-order valence-electron chi connectivity index (χ2n) is 8.62. The molecule has 4 aromatic rings. The van der Waals surface area contributed by atoms with Crippen molar-refractivity contribution in [1.29, 1.82) is 0 Å². The first-order chi connectivity index (χ1) is 17.7. The molecule has 1 N–H and O–H groups in total. The van der Waals surface area contributed by atoms with Crippen LogP contribution in [0.1, 0.15) is 22.8 Å². The van der Waals surface area contributed by atoms with Gasteiger partial charge in [0.25, 0.3) is 5.56 Å². The van der Waals surface area contributed by atoms with Crippen LogP contribution in [0.5, 0.6) is 5.75 Å². The minimum Gasteiger partial charge on any atom is -0.485 e. The highest BCUT2D eigenvalue weighted by Gasteiger charge is 2.41. The van der Waals surface area contributed by atoms with E-state index >= 15 is 0 Å². The molecule has 0 amide bonds. The smallest absolute Gasteiger partial charge is 0.277 e. The number of rotatable bonds is 6. The Kier molecular flexibility index (Phi) is 6.44. The number of halogens is 3. The normalized spacial score (nSPS) is 14.3. The Labute approximate surface area is 214 Å². The second-order valence-corrected chi connectivity index (χ2v) is 9.00. The molecule has 5 rings (SSSR count). The molecule has 1 aliphatic rings. The average Bonchev–Trinajstić information content (AvgIpc) is 2.86. The number of aromatic nitrogens is 5. The van der Waals surface area contributed by atoms with Gasteiger partial charge in [0.1, 0.15) is 28.9 Å². The van der Waals surface area contributed by atoms with Crippen LogP contribution in [0.2, 0.25) is 5.02 Å². The summed E-state index contributed by atoms with van der Waals surface area (Å²) in [5.41, 5.74) is 0.666. The molecule has 0 atom stereocenters. The lowest BCUT2D eigenvalue weighted by molar-refractivity contribution is -0.189. The van der Waals surface area contributed by atoms with Crippen LogP contribution in [-0.2, 0) is 16.9 Å². The number of hydrogen-bond acceptors (Lipinski definition) is 8. The molecule has 4 aromatic heterocycles. The number of hydrogen-bond donors (Lipinski definition) is 1. The summed E-state index contributed by atoms with van der Waals surface area (Å²) in [4.78, 5) is 30.0. The van der Waals surface area contributed by atoms with E-state index < -0.39 is 22.8 Å². The van der Waals surface area contributed by atoms with Crippen LogP contribution < -0.4 is 10.3 Å². The van der Waals surface area contributed by atoms with Gasteiger partial charge in [-0.15, -0.1) is 0 Å². The third kappa shape index (κ3) is 4.68. The van der Waals surface area contributed by atoms with Crippen molar-refractivity contribution in [2.24, 2.45) is 0 Å². The van der Waals surface area contributed by atoms with Gasteiger partial charge in [0.05, 0.1) is 36.5 Å². The first-order valence-electron chi connectivity index (χ1n) is 11.1. The van der Waals surface area contributed by atoms with Crippen LogP contribution in [0.25, 0.3) is 17.1 Å². The molecule has 0 radical (unpaired) electrons. The standard InChI is InChI=1S/C25H20ClF2N5O4/c1-13-8-30-18(17-3-4-29-24(32-17)25(35)11-36-12-25)7-20(13)33-14(2)5-21(22(26)23(33)34)37-10-19-16(28)6-15(27)9-31-19/h3-9,35H,10-12H2,1-2H3. The van der Waals surface area contributed by atoms with Gasteiger partial charge in [0.15, 0.2) is 17.2 Å². The molecule has 0 bridgehead atoms. The van der Waals surface area contributed by atoms with Gasteiger partial charge in [0, 0.05) is 30.2 Å². The van der Waals surface area contributed by atoms with E-state index in [1.807, 2.05) is 0 Å². The molecule has 0 unspecified atom stereocenters. The zero-order valence-electron chi connectivity index (χ0n) is 19.7. The summed E-state index contributed by atoms with van der Waals surface area (Å²) < 4.78 is 39.1. The number of nitrogens with zero attached hydrogens (tertiary/aromatic N) is 5. The van der Waals surface area contributed by atoms with Crippen molar-refractivity contribution >= 4 is 11.6 Å². The molecule has 12 heteroatoms. The molecule has 37 heavy (non-hydrogen) atoms. The fraction of sp³-hybridized carbons (Fsp3) is 0.240. The Morgan fingerprint density at radius 1 is 1.14 bits per heavy atom. The number of aliphatic hydroxyl groups is 1. The minimum atomic E-state index is -1.24. The van der Waals surface area contributed by atoms with E-state index in [9.17, 15) is 18.7 Å². The molecule has 9 nitrogen and oxygen atoms in total. The van der Waals surface area contributed by atoms with Crippen LogP contribution in [-0.4, -0.2) is 42.8 Å². The van der Waals surface area contributed by atoms with Gasteiger partial charge >= 0.3 is 0 Å². The first-order valence-corrected chi connectivity index (χ1v) is 11.5. The van der Waals surface area contributed by atoms with E-state index in [0.717, 1.165) is 6.20 Å². The van der Waals surface area contributed by atoms with Gasteiger partial charge in [-0.05, 0) is 31.5 Å². The highest BCUT2D eigenvalue weighted by molar-refractivity contribution is 6.31. The van der Waals surface area contributed by atoms with Gasteiger partial charge in [0.2, 0.25) is 0 Å². The SMILES string of the molecule is Cc1cnc(-c2ccnc(C3(O)COC3)n2)cc1-n1c(C)cc(OCc2ncc(F)cc2F)c(Cl)c1=O. The van der Waals surface area contributed by atoms with Crippen LogP contribution in [0.15, 0.2) is 47.7 Å². The molecule has 5 heterocycles. The van der Waals surface area contributed by atoms with Crippen LogP contribution in [0, 0.1) is 25.5 Å². The average molecular weight is 528 g/mol. The Balaban J connectivity index is 1.49. The van der Waals surface area contributed by atoms with E-state index in [2.05, 4.69) is 19.9 Å². The molecule has 1 aliphatic heterocycles. The summed E-state index contributed by atoms with van der Waals surface area (Å²) in [6, 6.07) is 5.57. The molecule has 1 saturated heterocycles. The molecule has 0 aliphatic carbocycles. The van der Waals surface area contributed by atoms with E-state index in [-0.39, 0.29) is 42.1 Å². The van der Waals surface area contributed by atoms with Crippen LogP contribution >= 0.6 is 11.6 Å². The first kappa shape index (κ1) is 24.9. The summed E-state index contributed by atoms with van der Waals surface area (Å²) in [5.74, 6) is -1.42. The molecule has 1 fully saturated rings. The van der Waals surface area contributed by atoms with Gasteiger partial charge in [-0.1, -0.05) is 11.6 Å². The molecular formula is C25H20ClF2N5O4. The van der Waals surface area contributed by atoms with Gasteiger partial charge < -0.3 is 14.6 Å². The summed E-state index contributed by atoms with van der Waals surface area (Å²) in [7, 11) is 0. The number of pyridine rings is 3. The monoisotopic (exact) mass is 527 g/mol. The summed E-state index contributed by atoms with van der Waals surface area (Å²) in [5, 5.41) is 10.3. The lowest BCUT2D eigenvalue weighted by Gasteiger charge is -2.34. The van der Waals surface area contributed by atoms with Crippen molar-refractivity contribution in [2.75, 3.05) is 13.2 Å². The maximum atomic E-state index is 13.9. The molecule has 0 aromatic carbocycles. The van der Waals surface area contributed by atoms with E-state index in [1.54, 1.807) is 38.2 Å². The lowest BCUT2D eigenvalue weighted by Crippen LogP contribution is -2.47. The fourth-order valence-electron chi connectivity index (χ4n) is 3.83. The Morgan fingerprint density at radius 2 is 1.92 bits per heavy atom. The highest BCUT2D eigenvalue weighted by atomic mass is 35.5. The molecular weight excluding hydrogens is 508 g/mol. The van der Waals surface area contributed by atoms with Crippen molar-refractivity contribution in [1.82, 2.24) is 24.5 Å². The third-order valence-corrected chi connectivity index (χ3v) is 6.23. The predicted molar refractivity (Wildman–Crippen MR) is 129 cm³/mol. The van der Waals surface area contributed by atoms with Crippen molar-refractivity contribution in [3.63, 3.8) is 0 Å². The van der Waals surface area contributed by atoms with Crippen molar-refractivity contribution in [3.8, 4) is 22.8 Å². The molecule has 0 saturated carbocycles. The van der Waals surface area contributed by atoms with Crippen molar-refractivity contribution in [3.05, 3.63) is 92.6 Å². The van der Waals surface area contributed by atoms with Crippen LogP contribution in [0.4, 0.5) is 8.78 Å². The van der Waals surface area contributed by atoms with Gasteiger partial charge in [-0.25, -0.2) is 18.7 Å². The second kappa shape index (κ2) is 9.58. The van der Waals surface area contributed by atoms with Crippen molar-refractivity contribution in [2.45, 2.75) is 26.1 Å². The van der Waals surface area contributed by atoms with Gasteiger partial charge in [-0.3, -0.25) is 19.3 Å². The Morgan fingerprint density at radius 3 is 2.62 bits per heavy atom. The zero-order valence-corrected chi connectivity index (χ0v) is 20.5. The van der Waals surface area contributed by atoms with E-state index in [1.165, 1.54) is 10.8 Å².